The van der Waals surface area contributed by atoms with Crippen LogP contribution in [-0.2, 0) is 13.0 Å². The third kappa shape index (κ3) is 3.59. The molecule has 27 heavy (non-hydrogen) atoms. The Hall–Kier alpha value is -2.31. The van der Waals surface area contributed by atoms with E-state index in [0.717, 1.165) is 58.2 Å². The number of likely N-dealkylation sites (N-methyl/N-ethyl adjacent to an activating group) is 1. The third-order valence-electron chi connectivity index (χ3n) is 4.93. The molecule has 138 valence electrons. The minimum absolute atomic E-state index is 0.521. The molecule has 0 amide bonds. The average Bonchev–Trinajstić information content (AvgIpc) is 3.02. The van der Waals surface area contributed by atoms with E-state index in [-0.39, 0.29) is 0 Å². The highest BCUT2D eigenvalue weighted by atomic mass is 79.9. The Morgan fingerprint density at radius 1 is 1.11 bits per heavy atom. The summed E-state index contributed by atoms with van der Waals surface area (Å²) >= 11 is 3.62. The summed E-state index contributed by atoms with van der Waals surface area (Å²) in [5, 5.41) is 8.92. The van der Waals surface area contributed by atoms with Crippen LogP contribution >= 0.6 is 15.9 Å². The molecule has 0 saturated heterocycles. The zero-order valence-electron chi connectivity index (χ0n) is 15.6. The minimum Gasteiger partial charge on any atom is -0.306 e. The SMILES string of the molecule is CCN(C)CCc1nnc2n1-c1ccc(Br)cc1C(c1ccccc1)=NC2. The van der Waals surface area contributed by atoms with Gasteiger partial charge in [0.2, 0.25) is 0 Å². The predicted octanol–water partition coefficient (Wildman–Crippen LogP) is 3.88. The molecule has 0 unspecified atom stereocenters. The fourth-order valence-electron chi connectivity index (χ4n) is 3.32. The predicted molar refractivity (Wildman–Crippen MR) is 112 cm³/mol. The first-order valence-electron chi connectivity index (χ1n) is 9.19. The van der Waals surface area contributed by atoms with E-state index in [0.29, 0.717) is 6.54 Å². The maximum absolute atomic E-state index is 4.90. The lowest BCUT2D eigenvalue weighted by Gasteiger charge is -2.16. The molecule has 2 heterocycles. The summed E-state index contributed by atoms with van der Waals surface area (Å²) in [5.41, 5.74) is 4.29. The summed E-state index contributed by atoms with van der Waals surface area (Å²) in [6.45, 7) is 4.66. The van der Waals surface area contributed by atoms with Crippen molar-refractivity contribution < 1.29 is 0 Å². The molecule has 0 bridgehead atoms. The molecule has 0 radical (unpaired) electrons. The van der Waals surface area contributed by atoms with Crippen molar-refractivity contribution in [3.63, 3.8) is 0 Å². The van der Waals surface area contributed by atoms with Crippen molar-refractivity contribution in [2.24, 2.45) is 4.99 Å². The molecule has 0 aliphatic carbocycles. The summed E-state index contributed by atoms with van der Waals surface area (Å²) in [6, 6.07) is 16.7. The Morgan fingerprint density at radius 2 is 1.93 bits per heavy atom. The van der Waals surface area contributed by atoms with Crippen molar-refractivity contribution in [3.05, 3.63) is 75.8 Å². The third-order valence-corrected chi connectivity index (χ3v) is 5.43. The molecule has 0 fully saturated rings. The highest BCUT2D eigenvalue weighted by Gasteiger charge is 2.23. The van der Waals surface area contributed by atoms with Crippen LogP contribution in [0.1, 0.15) is 29.7 Å². The van der Waals surface area contributed by atoms with E-state index in [1.165, 1.54) is 0 Å². The van der Waals surface area contributed by atoms with Crippen LogP contribution < -0.4 is 0 Å². The Morgan fingerprint density at radius 3 is 2.70 bits per heavy atom. The maximum atomic E-state index is 4.90. The summed E-state index contributed by atoms with van der Waals surface area (Å²) < 4.78 is 3.22. The maximum Gasteiger partial charge on any atom is 0.159 e. The van der Waals surface area contributed by atoms with Crippen molar-refractivity contribution in [2.75, 3.05) is 20.1 Å². The summed E-state index contributed by atoms with van der Waals surface area (Å²) in [4.78, 5) is 7.19. The molecule has 0 saturated carbocycles. The Labute approximate surface area is 167 Å². The second-order valence-corrected chi connectivity index (χ2v) is 7.62. The van der Waals surface area contributed by atoms with Crippen LogP contribution in [-0.4, -0.2) is 45.5 Å². The summed E-state index contributed by atoms with van der Waals surface area (Å²) in [7, 11) is 2.13. The van der Waals surface area contributed by atoms with Crippen LogP contribution in [0.4, 0.5) is 0 Å². The van der Waals surface area contributed by atoms with Gasteiger partial charge in [-0.1, -0.05) is 53.2 Å². The Balaban J connectivity index is 1.82. The van der Waals surface area contributed by atoms with Crippen LogP contribution in [0, 0.1) is 0 Å². The molecule has 3 aromatic rings. The van der Waals surface area contributed by atoms with Gasteiger partial charge in [-0.2, -0.15) is 0 Å². The standard InChI is InChI=1S/C21H22BrN5/c1-3-26(2)12-11-19-24-25-20-14-23-21(15-7-5-4-6-8-15)17-13-16(22)9-10-18(17)27(19)20/h4-10,13H,3,11-12,14H2,1-2H3. The number of hydrogen-bond acceptors (Lipinski definition) is 4. The van der Waals surface area contributed by atoms with E-state index in [9.17, 15) is 0 Å². The van der Waals surface area contributed by atoms with E-state index in [1.807, 2.05) is 18.2 Å². The number of rotatable bonds is 5. The van der Waals surface area contributed by atoms with E-state index >= 15 is 0 Å². The van der Waals surface area contributed by atoms with E-state index in [4.69, 9.17) is 4.99 Å². The highest BCUT2D eigenvalue weighted by molar-refractivity contribution is 9.10. The largest absolute Gasteiger partial charge is 0.306 e. The van der Waals surface area contributed by atoms with Gasteiger partial charge >= 0.3 is 0 Å². The van der Waals surface area contributed by atoms with Crippen molar-refractivity contribution in [1.82, 2.24) is 19.7 Å². The van der Waals surface area contributed by atoms with E-state index in [2.05, 4.69) is 79.9 Å². The Bertz CT molecular complexity index is 977. The lowest BCUT2D eigenvalue weighted by atomic mass is 10.0. The first-order chi connectivity index (χ1) is 13.2. The molecular weight excluding hydrogens is 402 g/mol. The Kier molecular flexibility index (Phi) is 5.18. The van der Waals surface area contributed by atoms with Crippen LogP contribution in [0.2, 0.25) is 0 Å². The van der Waals surface area contributed by atoms with E-state index in [1.54, 1.807) is 0 Å². The molecule has 1 aliphatic heterocycles. The lowest BCUT2D eigenvalue weighted by molar-refractivity contribution is 0.354. The second-order valence-electron chi connectivity index (χ2n) is 6.71. The van der Waals surface area contributed by atoms with Crippen molar-refractivity contribution in [1.29, 1.82) is 0 Å². The number of nitrogens with zero attached hydrogens (tertiary/aromatic N) is 5. The fourth-order valence-corrected chi connectivity index (χ4v) is 3.68. The van der Waals surface area contributed by atoms with Gasteiger partial charge in [-0.15, -0.1) is 10.2 Å². The molecular formula is C21H22BrN5. The second kappa shape index (κ2) is 7.74. The van der Waals surface area contributed by atoms with Gasteiger partial charge in [-0.3, -0.25) is 9.56 Å². The fraction of sp³-hybridized carbons (Fsp3) is 0.286. The van der Waals surface area contributed by atoms with Crippen LogP contribution in [0.3, 0.4) is 0 Å². The first kappa shape index (κ1) is 18.1. The summed E-state index contributed by atoms with van der Waals surface area (Å²) in [6.07, 6.45) is 0.855. The van der Waals surface area contributed by atoms with Gasteiger partial charge in [0, 0.05) is 28.6 Å². The smallest absolute Gasteiger partial charge is 0.159 e. The summed E-state index contributed by atoms with van der Waals surface area (Å²) in [5.74, 6) is 1.87. The van der Waals surface area contributed by atoms with Gasteiger partial charge in [-0.25, -0.2) is 0 Å². The topological polar surface area (TPSA) is 46.3 Å². The number of hydrogen-bond donors (Lipinski definition) is 0. The number of halogens is 1. The molecule has 6 heteroatoms. The highest BCUT2D eigenvalue weighted by Crippen LogP contribution is 2.28. The van der Waals surface area contributed by atoms with Crippen molar-refractivity contribution in [2.45, 2.75) is 19.9 Å². The average molecular weight is 424 g/mol. The molecule has 0 N–H and O–H groups in total. The molecule has 2 aromatic carbocycles. The van der Waals surface area contributed by atoms with Gasteiger partial charge in [0.1, 0.15) is 12.4 Å². The van der Waals surface area contributed by atoms with Gasteiger partial charge in [0.25, 0.3) is 0 Å². The van der Waals surface area contributed by atoms with Crippen molar-refractivity contribution in [3.8, 4) is 5.69 Å². The first-order valence-corrected chi connectivity index (χ1v) is 9.98. The van der Waals surface area contributed by atoms with Gasteiger partial charge in [-0.05, 0) is 31.8 Å². The zero-order valence-corrected chi connectivity index (χ0v) is 17.1. The number of fused-ring (bicyclic) bond motifs is 3. The van der Waals surface area contributed by atoms with Crippen LogP contribution in [0.25, 0.3) is 5.69 Å². The number of benzene rings is 2. The number of aliphatic imine (C=N–C) groups is 1. The molecule has 1 aromatic heterocycles. The molecule has 0 spiro atoms. The normalized spacial score (nSPS) is 13.1. The molecule has 1 aliphatic rings. The van der Waals surface area contributed by atoms with E-state index < -0.39 is 0 Å². The van der Waals surface area contributed by atoms with Crippen molar-refractivity contribution >= 4 is 21.6 Å². The lowest BCUT2D eigenvalue weighted by Crippen LogP contribution is -2.22. The van der Waals surface area contributed by atoms with Crippen LogP contribution in [0.5, 0.6) is 0 Å². The molecule has 5 nitrogen and oxygen atoms in total. The minimum atomic E-state index is 0.521. The zero-order chi connectivity index (χ0) is 18.8. The molecule has 0 atom stereocenters. The van der Waals surface area contributed by atoms with Gasteiger partial charge < -0.3 is 4.90 Å². The number of aromatic nitrogens is 3. The molecule has 4 rings (SSSR count). The van der Waals surface area contributed by atoms with Crippen LogP contribution in [0.15, 0.2) is 58.0 Å². The van der Waals surface area contributed by atoms with Gasteiger partial charge in [0.05, 0.1) is 11.4 Å². The van der Waals surface area contributed by atoms with Gasteiger partial charge in [0.15, 0.2) is 5.82 Å². The quantitative estimate of drug-likeness (QED) is 0.625. The monoisotopic (exact) mass is 423 g/mol.